The van der Waals surface area contributed by atoms with Crippen molar-refractivity contribution in [3.63, 3.8) is 0 Å². The minimum atomic E-state index is -1.15. The lowest BCUT2D eigenvalue weighted by Crippen LogP contribution is -2.15. The van der Waals surface area contributed by atoms with Crippen molar-refractivity contribution in [3.05, 3.63) is 24.1 Å². The van der Waals surface area contributed by atoms with E-state index in [1.807, 2.05) is 0 Å². The van der Waals surface area contributed by atoms with Gasteiger partial charge in [0.15, 0.2) is 11.5 Å². The van der Waals surface area contributed by atoms with Crippen molar-refractivity contribution in [1.29, 1.82) is 0 Å². The van der Waals surface area contributed by atoms with Crippen molar-refractivity contribution < 1.29 is 19.0 Å². The summed E-state index contributed by atoms with van der Waals surface area (Å²) >= 11 is 0. The summed E-state index contributed by atoms with van der Waals surface area (Å²) in [5, 5.41) is 17.5. The van der Waals surface area contributed by atoms with Crippen molar-refractivity contribution in [3.8, 4) is 23.0 Å². The normalized spacial score (nSPS) is 13.9. The Labute approximate surface area is 103 Å². The molecule has 1 aliphatic heterocycles. The van der Waals surface area contributed by atoms with Crippen LogP contribution in [0.2, 0.25) is 0 Å². The maximum absolute atomic E-state index is 9.76. The first-order valence-electron chi connectivity index (χ1n) is 5.50. The second kappa shape index (κ2) is 3.71. The van der Waals surface area contributed by atoms with Crippen molar-refractivity contribution >= 4 is 0 Å². The van der Waals surface area contributed by atoms with Gasteiger partial charge in [-0.2, -0.15) is 0 Å². The number of ether oxygens (including phenoxy) is 2. The molecule has 0 unspecified atom stereocenters. The average Bonchev–Trinajstić information content (AvgIpc) is 2.96. The lowest BCUT2D eigenvalue weighted by Gasteiger charge is -2.09. The molecular formula is C12H12N2O4. The van der Waals surface area contributed by atoms with Crippen LogP contribution in [0.15, 0.2) is 22.6 Å². The minimum absolute atomic E-state index is 0.176. The third kappa shape index (κ3) is 1.80. The molecule has 0 saturated heterocycles. The molecule has 0 spiro atoms. The van der Waals surface area contributed by atoms with Crippen molar-refractivity contribution in [2.75, 3.05) is 6.79 Å². The number of rotatable bonds is 2. The van der Waals surface area contributed by atoms with Crippen molar-refractivity contribution in [1.82, 2.24) is 10.2 Å². The van der Waals surface area contributed by atoms with Crippen LogP contribution in [0.25, 0.3) is 11.5 Å². The van der Waals surface area contributed by atoms with Gasteiger partial charge in [-0.15, -0.1) is 10.2 Å². The highest BCUT2D eigenvalue weighted by molar-refractivity contribution is 5.60. The second-order valence-corrected chi connectivity index (χ2v) is 4.54. The summed E-state index contributed by atoms with van der Waals surface area (Å²) in [7, 11) is 0. The Kier molecular flexibility index (Phi) is 2.27. The van der Waals surface area contributed by atoms with Gasteiger partial charge in [0.25, 0.3) is 0 Å². The molecule has 0 aliphatic carbocycles. The first-order valence-corrected chi connectivity index (χ1v) is 5.50. The zero-order valence-corrected chi connectivity index (χ0v) is 10.0. The summed E-state index contributed by atoms with van der Waals surface area (Å²) in [4.78, 5) is 0. The van der Waals surface area contributed by atoms with Crippen LogP contribution in [0.3, 0.4) is 0 Å². The van der Waals surface area contributed by atoms with E-state index in [0.717, 1.165) is 5.56 Å². The van der Waals surface area contributed by atoms with Gasteiger partial charge in [-0.3, -0.25) is 0 Å². The third-order valence-electron chi connectivity index (χ3n) is 2.57. The predicted molar refractivity (Wildman–Crippen MR) is 61.1 cm³/mol. The van der Waals surface area contributed by atoms with Crippen molar-refractivity contribution in [2.24, 2.45) is 0 Å². The van der Waals surface area contributed by atoms with Crippen LogP contribution in [0.1, 0.15) is 19.7 Å². The zero-order valence-electron chi connectivity index (χ0n) is 10.0. The number of nitrogens with zero attached hydrogens (tertiary/aromatic N) is 2. The van der Waals surface area contributed by atoms with Gasteiger partial charge in [-0.05, 0) is 32.0 Å². The number of aromatic nitrogens is 2. The molecule has 0 fully saturated rings. The van der Waals surface area contributed by atoms with Crippen LogP contribution in [0.4, 0.5) is 0 Å². The Morgan fingerprint density at radius 1 is 1.17 bits per heavy atom. The molecule has 0 atom stereocenters. The van der Waals surface area contributed by atoms with E-state index in [0.29, 0.717) is 17.4 Å². The monoisotopic (exact) mass is 248 g/mol. The van der Waals surface area contributed by atoms with E-state index in [1.54, 1.807) is 32.0 Å². The summed E-state index contributed by atoms with van der Waals surface area (Å²) < 4.78 is 15.9. The van der Waals surface area contributed by atoms with E-state index in [1.165, 1.54) is 0 Å². The average molecular weight is 248 g/mol. The Balaban J connectivity index is 1.98. The van der Waals surface area contributed by atoms with Crippen LogP contribution in [0.5, 0.6) is 11.5 Å². The molecule has 1 aliphatic rings. The van der Waals surface area contributed by atoms with Gasteiger partial charge in [0.1, 0.15) is 5.60 Å². The summed E-state index contributed by atoms with van der Waals surface area (Å²) in [5.41, 5.74) is -0.427. The van der Waals surface area contributed by atoms with Gasteiger partial charge in [0.05, 0.1) is 0 Å². The van der Waals surface area contributed by atoms with Crippen molar-refractivity contribution in [2.45, 2.75) is 19.4 Å². The summed E-state index contributed by atoms with van der Waals surface area (Å²) in [6.07, 6.45) is 0. The fraction of sp³-hybridized carbons (Fsp3) is 0.333. The first-order chi connectivity index (χ1) is 8.54. The number of benzene rings is 1. The standard InChI is InChI=1S/C12H12N2O4/c1-12(2,15)11-14-13-10(18-11)7-3-4-8-9(5-7)17-6-16-8/h3-5,15H,6H2,1-2H3. The molecule has 3 rings (SSSR count). The first kappa shape index (κ1) is 11.0. The SMILES string of the molecule is CC(C)(O)c1nnc(-c2ccc3c(c2)OCO3)o1. The minimum Gasteiger partial charge on any atom is -0.454 e. The maximum atomic E-state index is 9.76. The molecule has 18 heavy (non-hydrogen) atoms. The Morgan fingerprint density at radius 2 is 1.94 bits per heavy atom. The molecule has 0 amide bonds. The Bertz CT molecular complexity index is 586. The van der Waals surface area contributed by atoms with Crippen LogP contribution < -0.4 is 9.47 Å². The molecule has 0 bridgehead atoms. The molecule has 0 saturated carbocycles. The molecule has 2 aromatic rings. The van der Waals surface area contributed by atoms with E-state index >= 15 is 0 Å². The summed E-state index contributed by atoms with van der Waals surface area (Å²) in [6, 6.07) is 5.35. The predicted octanol–water partition coefficient (Wildman–Crippen LogP) is 1.69. The van der Waals surface area contributed by atoms with E-state index in [-0.39, 0.29) is 12.7 Å². The molecule has 1 aromatic carbocycles. The number of hydrogen-bond donors (Lipinski definition) is 1. The number of fused-ring (bicyclic) bond motifs is 1. The van der Waals surface area contributed by atoms with E-state index < -0.39 is 5.60 Å². The van der Waals surface area contributed by atoms with Crippen LogP contribution >= 0.6 is 0 Å². The molecule has 1 aromatic heterocycles. The fourth-order valence-electron chi connectivity index (χ4n) is 1.62. The highest BCUT2D eigenvalue weighted by Gasteiger charge is 2.24. The molecule has 94 valence electrons. The molecule has 6 heteroatoms. The quantitative estimate of drug-likeness (QED) is 0.871. The van der Waals surface area contributed by atoms with Crippen LogP contribution in [0, 0.1) is 0 Å². The highest BCUT2D eigenvalue weighted by atomic mass is 16.7. The van der Waals surface area contributed by atoms with E-state index in [2.05, 4.69) is 10.2 Å². The Hall–Kier alpha value is -2.08. The van der Waals surface area contributed by atoms with Gasteiger partial charge in [-0.1, -0.05) is 0 Å². The Morgan fingerprint density at radius 3 is 2.67 bits per heavy atom. The van der Waals surface area contributed by atoms with E-state index in [9.17, 15) is 5.11 Å². The molecule has 6 nitrogen and oxygen atoms in total. The van der Waals surface area contributed by atoms with Crippen LogP contribution in [-0.2, 0) is 5.60 Å². The van der Waals surface area contributed by atoms with Gasteiger partial charge >= 0.3 is 0 Å². The lowest BCUT2D eigenvalue weighted by atomic mass is 10.1. The van der Waals surface area contributed by atoms with Gasteiger partial charge in [-0.25, -0.2) is 0 Å². The number of hydrogen-bond acceptors (Lipinski definition) is 6. The summed E-state index contributed by atoms with van der Waals surface area (Å²) in [5.74, 6) is 1.86. The molecule has 1 N–H and O–H groups in total. The zero-order chi connectivity index (χ0) is 12.8. The maximum Gasteiger partial charge on any atom is 0.248 e. The highest BCUT2D eigenvalue weighted by Crippen LogP contribution is 2.35. The largest absolute Gasteiger partial charge is 0.454 e. The molecule has 2 heterocycles. The van der Waals surface area contributed by atoms with Crippen LogP contribution in [-0.4, -0.2) is 22.1 Å². The molecular weight excluding hydrogens is 236 g/mol. The van der Waals surface area contributed by atoms with Gasteiger partial charge in [0.2, 0.25) is 18.6 Å². The van der Waals surface area contributed by atoms with Gasteiger partial charge < -0.3 is 19.0 Å². The topological polar surface area (TPSA) is 77.6 Å². The second-order valence-electron chi connectivity index (χ2n) is 4.54. The fourth-order valence-corrected chi connectivity index (χ4v) is 1.62. The van der Waals surface area contributed by atoms with E-state index in [4.69, 9.17) is 13.9 Å². The summed E-state index contributed by atoms with van der Waals surface area (Å²) in [6.45, 7) is 3.39. The van der Waals surface area contributed by atoms with Gasteiger partial charge in [0, 0.05) is 5.56 Å². The molecule has 0 radical (unpaired) electrons. The number of aliphatic hydroxyl groups is 1. The third-order valence-corrected chi connectivity index (χ3v) is 2.57. The lowest BCUT2D eigenvalue weighted by molar-refractivity contribution is 0.0488. The smallest absolute Gasteiger partial charge is 0.248 e.